The van der Waals surface area contributed by atoms with Crippen LogP contribution in [-0.4, -0.2) is 41.3 Å². The van der Waals surface area contributed by atoms with Gasteiger partial charge in [-0.25, -0.2) is 4.79 Å². The molecule has 5 nitrogen and oxygen atoms in total. The number of aromatic amines is 1. The van der Waals surface area contributed by atoms with Gasteiger partial charge in [-0.15, -0.1) is 0 Å². The summed E-state index contributed by atoms with van der Waals surface area (Å²) in [6.45, 7) is 6.36. The van der Waals surface area contributed by atoms with Gasteiger partial charge in [0.25, 0.3) is 0 Å². The molecule has 0 aliphatic carbocycles. The van der Waals surface area contributed by atoms with E-state index < -0.39 is 0 Å². The van der Waals surface area contributed by atoms with Crippen LogP contribution in [0.2, 0.25) is 0 Å². The zero-order valence-electron chi connectivity index (χ0n) is 15.8. The molecule has 0 saturated carbocycles. The molecule has 1 N–H and O–H groups in total. The Morgan fingerprint density at radius 1 is 1.35 bits per heavy atom. The van der Waals surface area contributed by atoms with Crippen molar-refractivity contribution in [1.29, 1.82) is 0 Å². The normalized spacial score (nSPS) is 17.9. The highest BCUT2D eigenvalue weighted by Crippen LogP contribution is 2.32. The maximum absolute atomic E-state index is 11.2. The van der Waals surface area contributed by atoms with E-state index >= 15 is 0 Å². The molecule has 1 unspecified atom stereocenters. The van der Waals surface area contributed by atoms with Gasteiger partial charge in [0.2, 0.25) is 0 Å². The van der Waals surface area contributed by atoms with Crippen molar-refractivity contribution >= 4 is 12.0 Å². The Kier molecular flexibility index (Phi) is 5.89. The van der Waals surface area contributed by atoms with Crippen LogP contribution < -0.4 is 0 Å². The molecule has 0 spiro atoms. The van der Waals surface area contributed by atoms with Crippen molar-refractivity contribution in [3.63, 3.8) is 0 Å². The number of ether oxygens (including phenoxy) is 1. The molecule has 1 aromatic heterocycles. The number of aryl methyl sites for hydroxylation is 2. The van der Waals surface area contributed by atoms with Crippen LogP contribution in [0, 0.1) is 13.8 Å². The number of nitrogens with zero attached hydrogens (tertiary/aromatic N) is 2. The second kappa shape index (κ2) is 8.32. The largest absolute Gasteiger partial charge is 0.466 e. The molecule has 0 amide bonds. The van der Waals surface area contributed by atoms with Gasteiger partial charge < -0.3 is 4.74 Å². The van der Waals surface area contributed by atoms with E-state index in [4.69, 9.17) is 0 Å². The van der Waals surface area contributed by atoms with E-state index in [1.165, 1.54) is 42.8 Å². The summed E-state index contributed by atoms with van der Waals surface area (Å²) in [5.41, 5.74) is 5.99. The Morgan fingerprint density at radius 2 is 2.12 bits per heavy atom. The SMILES string of the molecule is COC(=O)/C=C/c1ccc(C2CCCN2CCc2c(C)n[nH]c2C)cc1. The number of benzene rings is 1. The number of carbonyl (C=O) groups is 1. The maximum Gasteiger partial charge on any atom is 0.330 e. The molecular weight excluding hydrogens is 326 g/mol. The summed E-state index contributed by atoms with van der Waals surface area (Å²) in [5, 5.41) is 7.38. The Morgan fingerprint density at radius 3 is 2.77 bits per heavy atom. The van der Waals surface area contributed by atoms with E-state index in [1.807, 2.05) is 0 Å². The number of carbonyl (C=O) groups excluding carboxylic acids is 1. The summed E-state index contributed by atoms with van der Waals surface area (Å²) in [6, 6.07) is 8.95. The van der Waals surface area contributed by atoms with Gasteiger partial charge in [-0.2, -0.15) is 5.10 Å². The van der Waals surface area contributed by atoms with E-state index in [1.54, 1.807) is 6.08 Å². The Hall–Kier alpha value is -2.40. The number of hydrogen-bond acceptors (Lipinski definition) is 4. The van der Waals surface area contributed by atoms with Crippen molar-refractivity contribution in [2.75, 3.05) is 20.2 Å². The molecule has 1 aliphatic rings. The van der Waals surface area contributed by atoms with Crippen molar-refractivity contribution in [1.82, 2.24) is 15.1 Å². The van der Waals surface area contributed by atoms with Crippen LogP contribution in [0.1, 0.15) is 47.0 Å². The molecule has 1 fully saturated rings. The van der Waals surface area contributed by atoms with E-state index in [-0.39, 0.29) is 5.97 Å². The molecule has 2 aromatic rings. The van der Waals surface area contributed by atoms with Crippen molar-refractivity contribution in [2.45, 2.75) is 39.2 Å². The molecule has 5 heteroatoms. The first-order valence-corrected chi connectivity index (χ1v) is 9.19. The zero-order chi connectivity index (χ0) is 18.5. The lowest BCUT2D eigenvalue weighted by atomic mass is 10.0. The van der Waals surface area contributed by atoms with E-state index in [0.717, 1.165) is 30.8 Å². The minimum absolute atomic E-state index is 0.333. The number of rotatable bonds is 6. The molecule has 0 bridgehead atoms. The van der Waals surface area contributed by atoms with Gasteiger partial charge in [0, 0.05) is 24.4 Å². The highest BCUT2D eigenvalue weighted by atomic mass is 16.5. The van der Waals surface area contributed by atoms with Crippen molar-refractivity contribution < 1.29 is 9.53 Å². The van der Waals surface area contributed by atoms with E-state index in [0.29, 0.717) is 6.04 Å². The fourth-order valence-corrected chi connectivity index (χ4v) is 3.73. The second-order valence-electron chi connectivity index (χ2n) is 6.88. The van der Waals surface area contributed by atoms with Gasteiger partial charge in [-0.05, 0) is 62.4 Å². The molecule has 2 heterocycles. The fraction of sp³-hybridized carbons (Fsp3) is 0.429. The molecule has 1 saturated heterocycles. The Balaban J connectivity index is 1.64. The number of H-pyrrole nitrogens is 1. The zero-order valence-corrected chi connectivity index (χ0v) is 15.8. The molecule has 0 radical (unpaired) electrons. The third kappa shape index (κ3) is 4.22. The fourth-order valence-electron chi connectivity index (χ4n) is 3.73. The first-order valence-electron chi connectivity index (χ1n) is 9.19. The van der Waals surface area contributed by atoms with Gasteiger partial charge in [0.05, 0.1) is 12.8 Å². The molecule has 138 valence electrons. The monoisotopic (exact) mass is 353 g/mol. The van der Waals surface area contributed by atoms with Crippen LogP contribution in [-0.2, 0) is 16.0 Å². The third-order valence-corrected chi connectivity index (χ3v) is 5.23. The predicted molar refractivity (Wildman–Crippen MR) is 103 cm³/mol. The molecule has 26 heavy (non-hydrogen) atoms. The van der Waals surface area contributed by atoms with Gasteiger partial charge in [0.15, 0.2) is 0 Å². The highest BCUT2D eigenvalue weighted by Gasteiger charge is 2.25. The predicted octanol–water partition coefficient (Wildman–Crippen LogP) is 3.59. The Labute approximate surface area is 155 Å². The van der Waals surface area contributed by atoms with Crippen LogP contribution in [0.4, 0.5) is 0 Å². The highest BCUT2D eigenvalue weighted by molar-refractivity contribution is 5.86. The van der Waals surface area contributed by atoms with E-state index in [9.17, 15) is 4.79 Å². The lowest BCUT2D eigenvalue weighted by Gasteiger charge is -2.25. The van der Waals surface area contributed by atoms with Crippen LogP contribution in [0.25, 0.3) is 6.08 Å². The molecule has 1 aliphatic heterocycles. The number of aromatic nitrogens is 2. The summed E-state index contributed by atoms with van der Waals surface area (Å²) in [5.74, 6) is -0.333. The standard InChI is InChI=1S/C21H27N3O2/c1-15-19(16(2)23-22-15)12-14-24-13-4-5-20(24)18-9-6-17(7-10-18)8-11-21(25)26-3/h6-11,20H,4-5,12-14H2,1-3H3,(H,22,23)/b11-8+. The number of methoxy groups -OCH3 is 1. The number of nitrogens with one attached hydrogen (secondary N) is 1. The summed E-state index contributed by atoms with van der Waals surface area (Å²) >= 11 is 0. The molecule has 1 aromatic carbocycles. The molecule has 1 atom stereocenters. The Bertz CT molecular complexity index is 758. The summed E-state index contributed by atoms with van der Waals surface area (Å²) in [7, 11) is 1.39. The average Bonchev–Trinajstić information content (AvgIpc) is 3.25. The van der Waals surface area contributed by atoms with E-state index in [2.05, 4.69) is 57.9 Å². The van der Waals surface area contributed by atoms with Gasteiger partial charge in [-0.3, -0.25) is 10.00 Å². The van der Waals surface area contributed by atoms with Crippen LogP contribution >= 0.6 is 0 Å². The van der Waals surface area contributed by atoms with Gasteiger partial charge in [0.1, 0.15) is 0 Å². The quantitative estimate of drug-likeness (QED) is 0.637. The summed E-state index contributed by atoms with van der Waals surface area (Å²) in [6.07, 6.45) is 6.70. The van der Waals surface area contributed by atoms with Crippen molar-refractivity contribution in [3.8, 4) is 0 Å². The minimum atomic E-state index is -0.333. The third-order valence-electron chi connectivity index (χ3n) is 5.23. The number of likely N-dealkylation sites (tertiary alicyclic amines) is 1. The molecular formula is C21H27N3O2. The minimum Gasteiger partial charge on any atom is -0.466 e. The smallest absolute Gasteiger partial charge is 0.330 e. The van der Waals surface area contributed by atoms with Crippen LogP contribution in [0.3, 0.4) is 0 Å². The van der Waals surface area contributed by atoms with Crippen LogP contribution in [0.15, 0.2) is 30.3 Å². The van der Waals surface area contributed by atoms with Crippen molar-refractivity contribution in [2.24, 2.45) is 0 Å². The van der Waals surface area contributed by atoms with Gasteiger partial charge >= 0.3 is 5.97 Å². The first-order chi connectivity index (χ1) is 12.6. The summed E-state index contributed by atoms with van der Waals surface area (Å²) < 4.78 is 4.63. The first kappa shape index (κ1) is 18.4. The van der Waals surface area contributed by atoms with Crippen molar-refractivity contribution in [3.05, 3.63) is 58.4 Å². The second-order valence-corrected chi connectivity index (χ2v) is 6.88. The average molecular weight is 353 g/mol. The van der Waals surface area contributed by atoms with Crippen LogP contribution in [0.5, 0.6) is 0 Å². The lowest BCUT2D eigenvalue weighted by Crippen LogP contribution is -2.26. The number of esters is 1. The maximum atomic E-state index is 11.2. The summed E-state index contributed by atoms with van der Waals surface area (Å²) in [4.78, 5) is 13.8. The topological polar surface area (TPSA) is 58.2 Å². The van der Waals surface area contributed by atoms with Gasteiger partial charge in [-0.1, -0.05) is 24.3 Å². The lowest BCUT2D eigenvalue weighted by molar-refractivity contribution is -0.134. The molecule has 3 rings (SSSR count). The number of hydrogen-bond donors (Lipinski definition) is 1.